The summed E-state index contributed by atoms with van der Waals surface area (Å²) >= 11 is 0. The molecule has 10 nitrogen and oxygen atoms in total. The molecule has 2 aromatic heterocycles. The molecular weight excluding hydrogens is 857 g/mol. The molecule has 7 rings (SSSR count). The Hall–Kier alpha value is -6.42. The minimum atomic E-state index is -1.04. The van der Waals surface area contributed by atoms with Gasteiger partial charge < -0.3 is 27.8 Å². The van der Waals surface area contributed by atoms with Crippen molar-refractivity contribution < 1.29 is 27.8 Å². The van der Waals surface area contributed by atoms with Gasteiger partial charge in [-0.15, -0.1) is 0 Å². The molecule has 68 heavy (non-hydrogen) atoms. The molecule has 2 heterocycles. The van der Waals surface area contributed by atoms with Crippen molar-refractivity contribution in [2.75, 3.05) is 13.2 Å². The minimum Gasteiger partial charge on any atom is -0.494 e. The number of rotatable bonds is 30. The predicted molar refractivity (Wildman–Crippen MR) is 272 cm³/mol. The molecule has 0 fully saturated rings. The van der Waals surface area contributed by atoms with Gasteiger partial charge in [0.25, 0.3) is 0 Å². The first-order valence-electron chi connectivity index (χ1n) is 25.1. The zero-order chi connectivity index (χ0) is 47.5. The van der Waals surface area contributed by atoms with Crippen LogP contribution in [0.3, 0.4) is 0 Å². The molecule has 0 saturated carbocycles. The fourth-order valence-corrected chi connectivity index (χ4v) is 8.77. The molecule has 0 aliphatic carbocycles. The maximum atomic E-state index is 13.3. The largest absolute Gasteiger partial charge is 0.494 e. The van der Waals surface area contributed by atoms with Gasteiger partial charge in [0, 0.05) is 0 Å². The molecule has 0 atom stereocenters. The van der Waals surface area contributed by atoms with E-state index >= 15 is 0 Å². The molecule has 0 aliphatic heterocycles. The molecule has 0 radical (unpaired) electrons. The summed E-state index contributed by atoms with van der Waals surface area (Å²) in [5, 5.41) is -1.33. The number of furan rings is 2. The molecule has 0 saturated heterocycles. The molecule has 0 spiro atoms. The van der Waals surface area contributed by atoms with Crippen LogP contribution in [0.1, 0.15) is 142 Å². The van der Waals surface area contributed by atoms with Gasteiger partial charge in [0.1, 0.15) is 44.5 Å². The highest BCUT2D eigenvalue weighted by Gasteiger charge is 2.31. The maximum Gasteiger partial charge on any atom is 0.350 e. The molecular formula is C58H66O10. The lowest BCUT2D eigenvalue weighted by Gasteiger charge is -2.12. The summed E-state index contributed by atoms with van der Waals surface area (Å²) in [6, 6.07) is 29.7. The first kappa shape index (κ1) is 49.5. The van der Waals surface area contributed by atoms with E-state index in [0.29, 0.717) is 13.2 Å². The van der Waals surface area contributed by atoms with E-state index in [0.717, 1.165) is 46.6 Å². The lowest BCUT2D eigenvalue weighted by molar-refractivity contribution is 0.304. The standard InChI is InChI=1S/C58H66O10/c1-3-5-7-9-11-13-15-17-19-21-39-63-45-31-23-41(24-32-45)43-27-35-47(36-28-43)65-53-49-51(57(61)67-55(49)59)54(52-50(53)56(60)68-58(52)62)66-48-37-29-44(30-38-48)42-25-33-46(34-26-42)64-40-22-20-18-16-14-12-10-8-6-4-2/h23-38H,3-22,39-40H2,1-2H3. The Morgan fingerprint density at radius 1 is 0.309 bits per heavy atom. The number of benzene rings is 5. The highest BCUT2D eigenvalue weighted by molar-refractivity contribution is 6.10. The quantitative estimate of drug-likeness (QED) is 0.0402. The second kappa shape index (κ2) is 25.6. The Labute approximate surface area is 398 Å². The van der Waals surface area contributed by atoms with Gasteiger partial charge in [0.2, 0.25) is 0 Å². The van der Waals surface area contributed by atoms with Gasteiger partial charge in [-0.2, -0.15) is 0 Å². The van der Waals surface area contributed by atoms with Crippen LogP contribution in [-0.2, 0) is 0 Å². The third-order valence-electron chi connectivity index (χ3n) is 12.7. The number of hydrogen-bond acceptors (Lipinski definition) is 10. The number of fused-ring (bicyclic) bond motifs is 2. The average Bonchev–Trinajstić information content (AvgIpc) is 3.83. The molecule has 10 heteroatoms. The van der Waals surface area contributed by atoms with Crippen LogP contribution in [0.25, 0.3) is 43.8 Å². The summed E-state index contributed by atoms with van der Waals surface area (Å²) in [6.07, 6.45) is 25.5. The lowest BCUT2D eigenvalue weighted by Crippen LogP contribution is -2.03. The van der Waals surface area contributed by atoms with E-state index in [1.807, 2.05) is 72.8 Å². The minimum absolute atomic E-state index is 0.242. The van der Waals surface area contributed by atoms with Crippen LogP contribution in [-0.4, -0.2) is 13.2 Å². The van der Waals surface area contributed by atoms with Gasteiger partial charge in [-0.1, -0.05) is 178 Å². The van der Waals surface area contributed by atoms with E-state index in [4.69, 9.17) is 27.8 Å². The Morgan fingerprint density at radius 2 is 0.544 bits per heavy atom. The average molecular weight is 923 g/mol. The molecule has 0 bridgehead atoms. The van der Waals surface area contributed by atoms with Crippen molar-refractivity contribution in [3.8, 4) is 56.8 Å². The van der Waals surface area contributed by atoms with Crippen LogP contribution < -0.4 is 41.4 Å². The van der Waals surface area contributed by atoms with Gasteiger partial charge in [-0.05, 0) is 83.6 Å². The van der Waals surface area contributed by atoms with Crippen LogP contribution in [0.2, 0.25) is 0 Å². The summed E-state index contributed by atoms with van der Waals surface area (Å²) in [7, 11) is 0. The van der Waals surface area contributed by atoms with Crippen molar-refractivity contribution in [1.29, 1.82) is 0 Å². The van der Waals surface area contributed by atoms with E-state index in [1.54, 1.807) is 24.3 Å². The fourth-order valence-electron chi connectivity index (χ4n) is 8.77. The second-order valence-corrected chi connectivity index (χ2v) is 17.9. The van der Waals surface area contributed by atoms with Crippen LogP contribution in [0.5, 0.6) is 34.5 Å². The number of ether oxygens (including phenoxy) is 4. The van der Waals surface area contributed by atoms with Gasteiger partial charge in [-0.3, -0.25) is 0 Å². The molecule has 7 aromatic rings. The van der Waals surface area contributed by atoms with E-state index in [9.17, 15) is 19.2 Å². The van der Waals surface area contributed by atoms with Crippen molar-refractivity contribution in [3.63, 3.8) is 0 Å². The fraction of sp³-hybridized carbons (Fsp3) is 0.414. The Balaban J connectivity index is 0.959. The zero-order valence-electron chi connectivity index (χ0n) is 39.9. The first-order chi connectivity index (χ1) is 33.3. The van der Waals surface area contributed by atoms with E-state index in [2.05, 4.69) is 13.8 Å². The second-order valence-electron chi connectivity index (χ2n) is 17.9. The van der Waals surface area contributed by atoms with Crippen LogP contribution in [0, 0.1) is 0 Å². The monoisotopic (exact) mass is 922 g/mol. The van der Waals surface area contributed by atoms with Crippen molar-refractivity contribution in [2.45, 2.75) is 142 Å². The maximum absolute atomic E-state index is 13.3. The third kappa shape index (κ3) is 13.4. The Kier molecular flexibility index (Phi) is 18.7. The topological polar surface area (TPSA) is 131 Å². The van der Waals surface area contributed by atoms with Crippen LogP contribution >= 0.6 is 0 Å². The highest BCUT2D eigenvalue weighted by atomic mass is 16.5. The van der Waals surface area contributed by atoms with Crippen molar-refractivity contribution in [1.82, 2.24) is 0 Å². The summed E-state index contributed by atoms with van der Waals surface area (Å²) in [6.45, 7) is 5.86. The van der Waals surface area contributed by atoms with Crippen molar-refractivity contribution in [2.24, 2.45) is 0 Å². The molecule has 0 N–H and O–H groups in total. The molecule has 0 aliphatic rings. The van der Waals surface area contributed by atoms with Gasteiger partial charge in [0.05, 0.1) is 13.2 Å². The smallest absolute Gasteiger partial charge is 0.350 e. The molecule has 5 aromatic carbocycles. The third-order valence-corrected chi connectivity index (χ3v) is 12.7. The first-order valence-corrected chi connectivity index (χ1v) is 25.1. The van der Waals surface area contributed by atoms with Crippen molar-refractivity contribution >= 4 is 21.5 Å². The summed E-state index contributed by atoms with van der Waals surface area (Å²) in [5.74, 6) is 1.45. The van der Waals surface area contributed by atoms with E-state index < -0.39 is 22.5 Å². The SMILES string of the molecule is CCCCCCCCCCCCOc1ccc(-c2ccc(Oc3c4c(=O)oc(=O)c4c(Oc4ccc(-c5ccc(OCCCCCCCCCCCC)cc5)cc4)c4c(=O)oc(=O)c34)cc2)cc1. The molecule has 0 amide bonds. The lowest BCUT2D eigenvalue weighted by atomic mass is 10.0. The Morgan fingerprint density at radius 3 is 0.809 bits per heavy atom. The van der Waals surface area contributed by atoms with Crippen molar-refractivity contribution in [3.05, 3.63) is 139 Å². The molecule has 0 unspecified atom stereocenters. The van der Waals surface area contributed by atoms with Crippen LogP contribution in [0.4, 0.5) is 0 Å². The van der Waals surface area contributed by atoms with E-state index in [-0.39, 0.29) is 44.5 Å². The van der Waals surface area contributed by atoms with Gasteiger partial charge >= 0.3 is 22.5 Å². The summed E-state index contributed by atoms with van der Waals surface area (Å²) in [5.41, 5.74) is -0.518. The highest BCUT2D eigenvalue weighted by Crippen LogP contribution is 2.42. The number of unbranched alkanes of at least 4 members (excludes halogenated alkanes) is 18. The van der Waals surface area contributed by atoms with Crippen LogP contribution in [0.15, 0.2) is 125 Å². The Bertz CT molecular complexity index is 2560. The predicted octanol–water partition coefficient (Wildman–Crippen LogP) is 15.0. The summed E-state index contributed by atoms with van der Waals surface area (Å²) < 4.78 is 34.4. The van der Waals surface area contributed by atoms with Gasteiger partial charge in [-0.25, -0.2) is 19.2 Å². The number of hydrogen-bond donors (Lipinski definition) is 0. The zero-order valence-corrected chi connectivity index (χ0v) is 39.9. The molecule has 358 valence electrons. The van der Waals surface area contributed by atoms with Gasteiger partial charge in [0.15, 0.2) is 11.5 Å². The normalized spacial score (nSPS) is 11.4. The summed E-state index contributed by atoms with van der Waals surface area (Å²) in [4.78, 5) is 53.1. The van der Waals surface area contributed by atoms with E-state index in [1.165, 1.54) is 116 Å².